The molecule has 0 radical (unpaired) electrons. The number of carbonyl (C=O) groups is 2. The van der Waals surface area contributed by atoms with Gasteiger partial charge in [0.25, 0.3) is 5.91 Å². The van der Waals surface area contributed by atoms with Gasteiger partial charge in [-0.05, 0) is 54.4 Å². The molecule has 3 aromatic rings. The lowest BCUT2D eigenvalue weighted by Crippen LogP contribution is -2.51. The molecule has 11 heteroatoms. The number of hydrogen-bond donors (Lipinski definition) is 0. The third kappa shape index (κ3) is 4.68. The summed E-state index contributed by atoms with van der Waals surface area (Å²) < 4.78 is 67.3. The summed E-state index contributed by atoms with van der Waals surface area (Å²) in [5.41, 5.74) is 2.01. The number of halogens is 3. The van der Waals surface area contributed by atoms with Gasteiger partial charge in [0.1, 0.15) is 0 Å². The van der Waals surface area contributed by atoms with Crippen molar-refractivity contribution in [2.75, 3.05) is 22.6 Å². The van der Waals surface area contributed by atoms with Crippen LogP contribution in [0.4, 0.5) is 24.5 Å². The van der Waals surface area contributed by atoms with Gasteiger partial charge in [-0.3, -0.25) is 9.59 Å². The first-order chi connectivity index (χ1) is 16.3. The number of carbonyl (C=O) groups excluding carboxylic acids is 2. The SMILES string of the molecule is CC(=O)N1c2ccc(-c3ccc(S(C)(=O)=O)cc3)cc2N(C(=O)c2ccc(C(F)(F)F)o2)C[C@@H]1C. The summed E-state index contributed by atoms with van der Waals surface area (Å²) in [5.74, 6) is -2.79. The number of amides is 2. The molecule has 0 unspecified atom stereocenters. The second-order valence-corrected chi connectivity index (χ2v) is 10.3. The largest absolute Gasteiger partial charge is 0.449 e. The van der Waals surface area contributed by atoms with E-state index in [-0.39, 0.29) is 17.3 Å². The van der Waals surface area contributed by atoms with Gasteiger partial charge in [-0.2, -0.15) is 13.2 Å². The van der Waals surface area contributed by atoms with Crippen molar-refractivity contribution in [2.24, 2.45) is 0 Å². The van der Waals surface area contributed by atoms with Crippen LogP contribution in [-0.4, -0.2) is 39.1 Å². The van der Waals surface area contributed by atoms with Crippen LogP contribution >= 0.6 is 0 Å². The Morgan fingerprint density at radius 3 is 2.14 bits per heavy atom. The quantitative estimate of drug-likeness (QED) is 0.511. The highest BCUT2D eigenvalue weighted by Crippen LogP contribution is 2.40. The van der Waals surface area contributed by atoms with Crippen molar-refractivity contribution >= 4 is 33.0 Å². The minimum absolute atomic E-state index is 0.0317. The molecule has 0 bridgehead atoms. The van der Waals surface area contributed by atoms with Gasteiger partial charge in [0, 0.05) is 19.7 Å². The van der Waals surface area contributed by atoms with Crippen molar-refractivity contribution in [1.82, 2.24) is 0 Å². The lowest BCUT2D eigenvalue weighted by molar-refractivity contribution is -0.153. The summed E-state index contributed by atoms with van der Waals surface area (Å²) >= 11 is 0. The Kier molecular flexibility index (Phi) is 6.00. The lowest BCUT2D eigenvalue weighted by atomic mass is 10.0. The minimum Gasteiger partial charge on any atom is -0.446 e. The van der Waals surface area contributed by atoms with E-state index in [1.807, 2.05) is 0 Å². The summed E-state index contributed by atoms with van der Waals surface area (Å²) in [7, 11) is -3.39. The van der Waals surface area contributed by atoms with Gasteiger partial charge < -0.3 is 14.2 Å². The Morgan fingerprint density at radius 2 is 1.60 bits per heavy atom. The van der Waals surface area contributed by atoms with E-state index in [0.29, 0.717) is 28.6 Å². The van der Waals surface area contributed by atoms with Gasteiger partial charge in [0.2, 0.25) is 11.7 Å². The molecule has 1 aliphatic heterocycles. The molecule has 1 atom stereocenters. The number of alkyl halides is 3. The zero-order valence-electron chi connectivity index (χ0n) is 19.0. The highest BCUT2D eigenvalue weighted by atomic mass is 32.2. The predicted molar refractivity (Wildman–Crippen MR) is 123 cm³/mol. The van der Waals surface area contributed by atoms with Gasteiger partial charge in [0.15, 0.2) is 15.6 Å². The zero-order chi connectivity index (χ0) is 25.7. The Balaban J connectivity index is 1.79. The first kappa shape index (κ1) is 24.5. The second kappa shape index (κ2) is 8.56. The van der Waals surface area contributed by atoms with E-state index in [2.05, 4.69) is 0 Å². The standard InChI is InChI=1S/C24H21F3N2O5S/c1-14-13-28(23(31)21-10-11-22(34-21)24(25,26)27)20-12-17(6-9-19(20)29(14)15(2)30)16-4-7-18(8-5-16)35(3,32)33/h4-12,14H,13H2,1-3H3/t14-/m0/s1. The van der Waals surface area contributed by atoms with Gasteiger partial charge in [0.05, 0.1) is 22.3 Å². The number of nitrogens with zero attached hydrogens (tertiary/aromatic N) is 2. The van der Waals surface area contributed by atoms with E-state index in [4.69, 9.17) is 4.42 Å². The molecule has 35 heavy (non-hydrogen) atoms. The Bertz CT molecular complexity index is 1410. The Morgan fingerprint density at radius 1 is 0.971 bits per heavy atom. The number of sulfone groups is 1. The fraction of sp³-hybridized carbons (Fsp3) is 0.250. The molecule has 184 valence electrons. The van der Waals surface area contributed by atoms with E-state index < -0.39 is 39.5 Å². The molecule has 0 aliphatic carbocycles. The molecule has 2 aromatic carbocycles. The molecule has 1 aliphatic rings. The molecular formula is C24H21F3N2O5S. The van der Waals surface area contributed by atoms with Gasteiger partial charge in [-0.1, -0.05) is 18.2 Å². The molecule has 0 spiro atoms. The van der Waals surface area contributed by atoms with Crippen LogP contribution in [0.5, 0.6) is 0 Å². The Hall–Kier alpha value is -3.60. The number of furan rings is 1. The average molecular weight is 507 g/mol. The highest BCUT2D eigenvalue weighted by Gasteiger charge is 2.38. The molecule has 0 saturated heterocycles. The van der Waals surface area contributed by atoms with Crippen LogP contribution in [0.2, 0.25) is 0 Å². The number of benzene rings is 2. The Labute approximate surface area is 199 Å². The topological polar surface area (TPSA) is 87.9 Å². The van der Waals surface area contributed by atoms with E-state index in [0.717, 1.165) is 12.3 Å². The molecular weight excluding hydrogens is 485 g/mol. The van der Waals surface area contributed by atoms with Gasteiger partial charge >= 0.3 is 6.18 Å². The predicted octanol–water partition coefficient (Wildman–Crippen LogP) is 4.77. The van der Waals surface area contributed by atoms with Crippen LogP contribution in [0, 0.1) is 0 Å². The van der Waals surface area contributed by atoms with E-state index in [1.54, 1.807) is 37.3 Å². The maximum atomic E-state index is 13.2. The average Bonchev–Trinajstić information content (AvgIpc) is 3.28. The normalized spacial score (nSPS) is 16.2. The van der Waals surface area contributed by atoms with Crippen molar-refractivity contribution < 1.29 is 35.6 Å². The summed E-state index contributed by atoms with van der Waals surface area (Å²) in [6, 6.07) is 12.4. The maximum Gasteiger partial charge on any atom is 0.449 e. The summed E-state index contributed by atoms with van der Waals surface area (Å²) in [6.45, 7) is 3.15. The van der Waals surface area contributed by atoms with Gasteiger partial charge in [-0.15, -0.1) is 0 Å². The molecule has 2 amide bonds. The first-order valence-corrected chi connectivity index (χ1v) is 12.4. The third-order valence-electron chi connectivity index (χ3n) is 5.71. The molecule has 2 heterocycles. The lowest BCUT2D eigenvalue weighted by Gasteiger charge is -2.40. The van der Waals surface area contributed by atoms with Crippen molar-refractivity contribution in [3.05, 3.63) is 66.1 Å². The smallest absolute Gasteiger partial charge is 0.446 e. The fourth-order valence-corrected chi connectivity index (χ4v) is 4.74. The van der Waals surface area contributed by atoms with Crippen LogP contribution in [0.15, 0.2) is 63.9 Å². The first-order valence-electron chi connectivity index (χ1n) is 10.5. The summed E-state index contributed by atoms with van der Waals surface area (Å²) in [4.78, 5) is 28.5. The van der Waals surface area contributed by atoms with Crippen molar-refractivity contribution in [2.45, 2.75) is 31.0 Å². The maximum absolute atomic E-state index is 13.2. The van der Waals surface area contributed by atoms with Crippen LogP contribution in [0.3, 0.4) is 0 Å². The number of hydrogen-bond acceptors (Lipinski definition) is 5. The molecule has 7 nitrogen and oxygen atoms in total. The second-order valence-electron chi connectivity index (χ2n) is 8.32. The number of fused-ring (bicyclic) bond motifs is 1. The third-order valence-corrected chi connectivity index (χ3v) is 6.84. The van der Waals surface area contributed by atoms with Crippen molar-refractivity contribution in [1.29, 1.82) is 0 Å². The number of anilines is 2. The monoisotopic (exact) mass is 506 g/mol. The molecule has 1 aromatic heterocycles. The van der Waals surface area contributed by atoms with Crippen LogP contribution in [0.25, 0.3) is 11.1 Å². The van der Waals surface area contributed by atoms with Crippen LogP contribution in [-0.2, 0) is 20.8 Å². The molecule has 0 saturated carbocycles. The number of rotatable bonds is 3. The summed E-state index contributed by atoms with van der Waals surface area (Å²) in [6.07, 6.45) is -3.64. The molecule has 4 rings (SSSR count). The minimum atomic E-state index is -4.73. The van der Waals surface area contributed by atoms with E-state index >= 15 is 0 Å². The van der Waals surface area contributed by atoms with Crippen LogP contribution in [0.1, 0.15) is 30.2 Å². The van der Waals surface area contributed by atoms with Gasteiger partial charge in [-0.25, -0.2) is 8.42 Å². The molecule has 0 fully saturated rings. The van der Waals surface area contributed by atoms with Crippen molar-refractivity contribution in [3.8, 4) is 11.1 Å². The fourth-order valence-electron chi connectivity index (χ4n) is 4.11. The zero-order valence-corrected chi connectivity index (χ0v) is 19.8. The summed E-state index contributed by atoms with van der Waals surface area (Å²) in [5, 5.41) is 0. The highest BCUT2D eigenvalue weighted by molar-refractivity contribution is 7.90. The van der Waals surface area contributed by atoms with Crippen LogP contribution < -0.4 is 9.80 Å². The van der Waals surface area contributed by atoms with Crippen molar-refractivity contribution in [3.63, 3.8) is 0 Å². The van der Waals surface area contributed by atoms with E-state index in [9.17, 15) is 31.2 Å². The molecule has 0 N–H and O–H groups in total. The van der Waals surface area contributed by atoms with E-state index in [1.165, 1.54) is 28.9 Å².